The molecule has 1 heterocycles. The standard InChI is InChI=1S/C16H25ClN2O/c1-4-18-11-13-14(17)7-5-8-15(13)19-10-6-9-16(2,12-19)20-3/h5,7-8,18H,4,6,9-12H2,1-3H3. The van der Waals surface area contributed by atoms with Gasteiger partial charge < -0.3 is 15.0 Å². The van der Waals surface area contributed by atoms with Crippen LogP contribution in [0.5, 0.6) is 0 Å². The Bertz CT molecular complexity index is 452. The van der Waals surface area contributed by atoms with E-state index in [-0.39, 0.29) is 5.60 Å². The maximum Gasteiger partial charge on any atom is 0.0825 e. The number of methoxy groups -OCH3 is 1. The molecule has 1 aliphatic rings. The zero-order valence-electron chi connectivity index (χ0n) is 12.7. The lowest BCUT2D eigenvalue weighted by Crippen LogP contribution is -2.47. The molecule has 1 unspecified atom stereocenters. The minimum atomic E-state index is -0.0595. The fourth-order valence-electron chi connectivity index (χ4n) is 2.85. The summed E-state index contributed by atoms with van der Waals surface area (Å²) in [5.41, 5.74) is 2.37. The number of nitrogens with one attached hydrogen (secondary N) is 1. The molecule has 1 N–H and O–H groups in total. The monoisotopic (exact) mass is 296 g/mol. The van der Waals surface area contributed by atoms with Crippen molar-refractivity contribution in [1.29, 1.82) is 0 Å². The summed E-state index contributed by atoms with van der Waals surface area (Å²) in [6, 6.07) is 6.17. The zero-order chi connectivity index (χ0) is 14.6. The Morgan fingerprint density at radius 3 is 2.95 bits per heavy atom. The summed E-state index contributed by atoms with van der Waals surface area (Å²) in [7, 11) is 1.81. The smallest absolute Gasteiger partial charge is 0.0825 e. The molecule has 0 aliphatic carbocycles. The Morgan fingerprint density at radius 2 is 2.25 bits per heavy atom. The van der Waals surface area contributed by atoms with Gasteiger partial charge >= 0.3 is 0 Å². The molecule has 20 heavy (non-hydrogen) atoms. The molecule has 1 aromatic rings. The number of hydrogen-bond donors (Lipinski definition) is 1. The van der Waals surface area contributed by atoms with Crippen LogP contribution < -0.4 is 10.2 Å². The molecular weight excluding hydrogens is 272 g/mol. The fourth-order valence-corrected chi connectivity index (χ4v) is 3.08. The van der Waals surface area contributed by atoms with E-state index in [0.717, 1.165) is 44.0 Å². The molecule has 0 spiro atoms. The third-order valence-corrected chi connectivity index (χ3v) is 4.49. The molecule has 0 radical (unpaired) electrons. The number of halogens is 1. The van der Waals surface area contributed by atoms with E-state index in [2.05, 4.69) is 30.1 Å². The minimum Gasteiger partial charge on any atom is -0.377 e. The van der Waals surface area contributed by atoms with E-state index in [1.165, 1.54) is 11.3 Å². The van der Waals surface area contributed by atoms with Crippen molar-refractivity contribution >= 4 is 17.3 Å². The van der Waals surface area contributed by atoms with E-state index in [9.17, 15) is 0 Å². The number of piperidine rings is 1. The number of ether oxygens (including phenoxy) is 1. The van der Waals surface area contributed by atoms with Gasteiger partial charge in [-0.3, -0.25) is 0 Å². The number of anilines is 1. The summed E-state index contributed by atoms with van der Waals surface area (Å²) in [5.74, 6) is 0. The summed E-state index contributed by atoms with van der Waals surface area (Å²) >= 11 is 6.39. The number of rotatable bonds is 5. The van der Waals surface area contributed by atoms with Crippen LogP contribution in [-0.2, 0) is 11.3 Å². The molecule has 0 aromatic heterocycles. The van der Waals surface area contributed by atoms with Crippen LogP contribution in [0.25, 0.3) is 0 Å². The highest BCUT2D eigenvalue weighted by Gasteiger charge is 2.31. The lowest BCUT2D eigenvalue weighted by molar-refractivity contribution is -0.00468. The van der Waals surface area contributed by atoms with E-state index >= 15 is 0 Å². The summed E-state index contributed by atoms with van der Waals surface area (Å²) < 4.78 is 5.69. The highest BCUT2D eigenvalue weighted by molar-refractivity contribution is 6.31. The average molecular weight is 297 g/mol. The SMILES string of the molecule is CCNCc1c(Cl)cccc1N1CCCC(C)(OC)C1. The maximum atomic E-state index is 6.39. The second-order valence-corrected chi connectivity index (χ2v) is 6.10. The van der Waals surface area contributed by atoms with Crippen LogP contribution in [0.3, 0.4) is 0 Å². The third-order valence-electron chi connectivity index (χ3n) is 4.14. The van der Waals surface area contributed by atoms with Crippen molar-refractivity contribution in [2.45, 2.75) is 38.8 Å². The van der Waals surface area contributed by atoms with Gasteiger partial charge in [0.25, 0.3) is 0 Å². The number of hydrogen-bond acceptors (Lipinski definition) is 3. The molecule has 2 rings (SSSR count). The van der Waals surface area contributed by atoms with E-state index in [0.29, 0.717) is 0 Å². The normalized spacial score (nSPS) is 23.1. The highest BCUT2D eigenvalue weighted by Crippen LogP contribution is 2.33. The largest absolute Gasteiger partial charge is 0.377 e. The Morgan fingerprint density at radius 1 is 1.45 bits per heavy atom. The molecule has 1 saturated heterocycles. The summed E-state index contributed by atoms with van der Waals surface area (Å²) in [5, 5.41) is 4.22. The minimum absolute atomic E-state index is 0.0595. The Balaban J connectivity index is 2.25. The van der Waals surface area contributed by atoms with Crippen LogP contribution in [0.1, 0.15) is 32.3 Å². The molecule has 4 heteroatoms. The van der Waals surface area contributed by atoms with Gasteiger partial charge in [-0.15, -0.1) is 0 Å². The number of benzene rings is 1. The number of nitrogens with zero attached hydrogens (tertiary/aromatic N) is 1. The van der Waals surface area contributed by atoms with Gasteiger partial charge in [-0.25, -0.2) is 0 Å². The van der Waals surface area contributed by atoms with Crippen molar-refractivity contribution in [3.05, 3.63) is 28.8 Å². The van der Waals surface area contributed by atoms with Crippen molar-refractivity contribution in [1.82, 2.24) is 5.32 Å². The second-order valence-electron chi connectivity index (χ2n) is 5.70. The van der Waals surface area contributed by atoms with Crippen LogP contribution in [0, 0.1) is 0 Å². The second kappa shape index (κ2) is 6.79. The van der Waals surface area contributed by atoms with Crippen molar-refractivity contribution in [3.63, 3.8) is 0 Å². The molecule has 0 saturated carbocycles. The van der Waals surface area contributed by atoms with Gasteiger partial charge in [-0.2, -0.15) is 0 Å². The van der Waals surface area contributed by atoms with E-state index in [1.54, 1.807) is 7.11 Å². The summed E-state index contributed by atoms with van der Waals surface area (Å²) in [4.78, 5) is 2.41. The predicted molar refractivity (Wildman–Crippen MR) is 85.7 cm³/mol. The lowest BCUT2D eigenvalue weighted by Gasteiger charge is -2.41. The molecule has 1 atom stereocenters. The van der Waals surface area contributed by atoms with Gasteiger partial charge in [0, 0.05) is 43.0 Å². The zero-order valence-corrected chi connectivity index (χ0v) is 13.5. The summed E-state index contributed by atoms with van der Waals surface area (Å²) in [6.45, 7) is 8.04. The average Bonchev–Trinajstić information content (AvgIpc) is 2.46. The van der Waals surface area contributed by atoms with Gasteiger partial charge in [-0.05, 0) is 38.4 Å². The van der Waals surface area contributed by atoms with Crippen LogP contribution >= 0.6 is 11.6 Å². The van der Waals surface area contributed by atoms with Crippen molar-refractivity contribution < 1.29 is 4.74 Å². The molecule has 112 valence electrons. The quantitative estimate of drug-likeness (QED) is 0.900. The Hall–Kier alpha value is -0.770. The van der Waals surface area contributed by atoms with Gasteiger partial charge in [0.2, 0.25) is 0 Å². The molecule has 0 amide bonds. The van der Waals surface area contributed by atoms with E-state index < -0.39 is 0 Å². The van der Waals surface area contributed by atoms with Gasteiger partial charge in [0.15, 0.2) is 0 Å². The lowest BCUT2D eigenvalue weighted by atomic mass is 9.94. The molecule has 1 fully saturated rings. The van der Waals surface area contributed by atoms with Crippen LogP contribution in [0.15, 0.2) is 18.2 Å². The van der Waals surface area contributed by atoms with Crippen LogP contribution in [0.2, 0.25) is 5.02 Å². The third kappa shape index (κ3) is 3.46. The van der Waals surface area contributed by atoms with E-state index in [1.807, 2.05) is 12.1 Å². The van der Waals surface area contributed by atoms with Crippen LogP contribution in [-0.4, -0.2) is 32.3 Å². The van der Waals surface area contributed by atoms with Crippen molar-refractivity contribution in [2.75, 3.05) is 31.6 Å². The molecule has 0 bridgehead atoms. The van der Waals surface area contributed by atoms with Gasteiger partial charge in [0.05, 0.1) is 5.60 Å². The summed E-state index contributed by atoms with van der Waals surface area (Å²) in [6.07, 6.45) is 2.26. The first-order valence-corrected chi connectivity index (χ1v) is 7.75. The first-order valence-electron chi connectivity index (χ1n) is 7.38. The predicted octanol–water partition coefficient (Wildman–Crippen LogP) is 3.45. The first-order chi connectivity index (χ1) is 9.59. The maximum absolute atomic E-state index is 6.39. The Labute approximate surface area is 127 Å². The topological polar surface area (TPSA) is 24.5 Å². The highest BCUT2D eigenvalue weighted by atomic mass is 35.5. The first kappa shape index (κ1) is 15.6. The van der Waals surface area contributed by atoms with Crippen molar-refractivity contribution in [2.24, 2.45) is 0 Å². The molecule has 1 aromatic carbocycles. The molecule has 1 aliphatic heterocycles. The van der Waals surface area contributed by atoms with Gasteiger partial charge in [0.1, 0.15) is 0 Å². The fraction of sp³-hybridized carbons (Fsp3) is 0.625. The Kier molecular flexibility index (Phi) is 5.30. The molecule has 3 nitrogen and oxygen atoms in total. The van der Waals surface area contributed by atoms with E-state index in [4.69, 9.17) is 16.3 Å². The van der Waals surface area contributed by atoms with Crippen LogP contribution in [0.4, 0.5) is 5.69 Å². The van der Waals surface area contributed by atoms with Crippen molar-refractivity contribution in [3.8, 4) is 0 Å². The van der Waals surface area contributed by atoms with Gasteiger partial charge in [-0.1, -0.05) is 24.6 Å². The molecular formula is C16H25ClN2O.